The van der Waals surface area contributed by atoms with Crippen molar-refractivity contribution in [3.63, 3.8) is 0 Å². The third-order valence-corrected chi connectivity index (χ3v) is 14.2. The molecule has 3 atom stereocenters. The maximum absolute atomic E-state index is 10.7. The summed E-state index contributed by atoms with van der Waals surface area (Å²) in [5.74, 6) is 1.48. The van der Waals surface area contributed by atoms with E-state index in [1.54, 1.807) is 6.08 Å². The van der Waals surface area contributed by atoms with Gasteiger partial charge in [0.05, 0.1) is 0 Å². The number of aliphatic hydroxyl groups is 1. The fourth-order valence-electron chi connectivity index (χ4n) is 3.66. The molecule has 36 heavy (non-hydrogen) atoms. The van der Waals surface area contributed by atoms with E-state index in [0.29, 0.717) is 19.6 Å². The van der Waals surface area contributed by atoms with Gasteiger partial charge in [-0.15, -0.1) is 0 Å². The van der Waals surface area contributed by atoms with E-state index in [0.717, 1.165) is 22.6 Å². The molecule has 0 radical (unpaired) electrons. The van der Waals surface area contributed by atoms with Crippen LogP contribution in [0.15, 0.2) is 60.9 Å². The predicted molar refractivity (Wildman–Crippen MR) is 149 cm³/mol. The third kappa shape index (κ3) is 7.14. The molecule has 0 spiro atoms. The van der Waals surface area contributed by atoms with Crippen LogP contribution in [0.1, 0.15) is 57.5 Å². The van der Waals surface area contributed by atoms with Crippen molar-refractivity contribution in [2.75, 3.05) is 20.0 Å². The first kappa shape index (κ1) is 28.7. The molecule has 3 rings (SSSR count). The second-order valence-corrected chi connectivity index (χ2v) is 18.0. The summed E-state index contributed by atoms with van der Waals surface area (Å²) < 4.78 is 25.6. The first-order valence-corrected chi connectivity index (χ1v) is 17.3. The maximum atomic E-state index is 10.7. The van der Waals surface area contributed by atoms with Crippen LogP contribution in [0.4, 0.5) is 0 Å². The quantitative estimate of drug-likeness (QED) is 0.245. The number of aliphatic hydroxyl groups excluding tert-OH is 1. The van der Waals surface area contributed by atoms with Crippen molar-refractivity contribution in [2.45, 2.75) is 69.3 Å². The number of rotatable bonds is 12. The van der Waals surface area contributed by atoms with E-state index >= 15 is 0 Å². The van der Waals surface area contributed by atoms with E-state index in [1.165, 1.54) is 4.46 Å². The number of hydrogen-bond acceptors (Lipinski definition) is 5. The zero-order valence-corrected chi connectivity index (χ0v) is 25.1. The van der Waals surface area contributed by atoms with Crippen molar-refractivity contribution in [1.29, 1.82) is 0 Å². The topological polar surface area (TPSA) is 57.2 Å². The Labute approximate surface area is 223 Å². The molecule has 0 bridgehead atoms. The van der Waals surface area contributed by atoms with Gasteiger partial charge in [0.1, 0.15) is 0 Å². The van der Waals surface area contributed by atoms with Crippen LogP contribution in [0, 0.1) is 0 Å². The number of ether oxygens (including phenoxy) is 3. The normalized spacial score (nSPS) is 15.8. The molecule has 0 saturated heterocycles. The van der Waals surface area contributed by atoms with Gasteiger partial charge >= 0.3 is 224 Å². The van der Waals surface area contributed by atoms with E-state index < -0.39 is 14.4 Å². The van der Waals surface area contributed by atoms with Crippen LogP contribution in [-0.2, 0) is 9.16 Å². The summed E-state index contributed by atoms with van der Waals surface area (Å²) in [7, 11) is -2.00. The average molecular weight is 576 g/mol. The predicted octanol–water partition coefficient (Wildman–Crippen LogP) is 6.10. The summed E-state index contributed by atoms with van der Waals surface area (Å²) in [4.78, 5) is 0.0652. The van der Waals surface area contributed by atoms with Crippen LogP contribution in [0.3, 0.4) is 0 Å². The summed E-state index contributed by atoms with van der Waals surface area (Å²) in [6, 6.07) is 14.2. The molecule has 0 aromatic heterocycles. The second-order valence-electron chi connectivity index (χ2n) is 10.5. The molecule has 1 heterocycles. The fourth-order valence-corrected chi connectivity index (χ4v) is 7.72. The Kier molecular flexibility index (Phi) is 10.1. The first-order valence-electron chi connectivity index (χ1n) is 12.5. The van der Waals surface area contributed by atoms with Gasteiger partial charge in [-0.25, -0.2) is 0 Å². The Bertz CT molecular complexity index is 1060. The van der Waals surface area contributed by atoms with Crippen molar-refractivity contribution in [1.82, 2.24) is 0 Å². The van der Waals surface area contributed by atoms with Gasteiger partial charge in [0, 0.05) is 0 Å². The molecule has 0 fully saturated rings. The van der Waals surface area contributed by atoms with E-state index in [2.05, 4.69) is 58.3 Å². The minimum atomic E-state index is -2.00. The molecule has 7 heteroatoms. The zero-order valence-electron chi connectivity index (χ0n) is 22.4. The molecule has 1 N–H and O–H groups in total. The molecule has 0 amide bonds. The average Bonchev–Trinajstić information content (AvgIpc) is 3.32. The van der Waals surface area contributed by atoms with Crippen LogP contribution in [-0.4, -0.2) is 48.4 Å². The van der Waals surface area contributed by atoms with E-state index in [9.17, 15) is 5.11 Å². The molecule has 2 aromatic rings. The Balaban J connectivity index is 2.01. The van der Waals surface area contributed by atoms with Crippen LogP contribution >= 0.6 is 0 Å². The Hall–Kier alpha value is -1.82. The summed E-state index contributed by atoms with van der Waals surface area (Å²) >= 11 is -0.0337. The fraction of sp³-hybridized carbons (Fsp3) is 0.483. The summed E-state index contributed by atoms with van der Waals surface area (Å²) in [5.41, 5.74) is 4.83. The monoisotopic (exact) mass is 576 g/mol. The number of fused-ring (bicyclic) bond motifs is 1. The van der Waals surface area contributed by atoms with Crippen LogP contribution < -0.4 is 13.9 Å². The number of hydrogen-bond donors (Lipinski definition) is 1. The Morgan fingerprint density at radius 1 is 1.17 bits per heavy atom. The molecule has 0 aliphatic carbocycles. The minimum absolute atomic E-state index is 0.0337. The van der Waals surface area contributed by atoms with Crippen molar-refractivity contribution in [2.24, 2.45) is 0 Å². The molecular weight excluding hydrogens is 535 g/mol. The number of benzene rings is 2. The molecule has 5 nitrogen and oxygen atoms in total. The summed E-state index contributed by atoms with van der Waals surface area (Å²) in [5, 5.41) is 10.8. The van der Waals surface area contributed by atoms with E-state index in [1.807, 2.05) is 37.3 Å². The van der Waals surface area contributed by atoms with Gasteiger partial charge in [-0.3, -0.25) is 0 Å². The van der Waals surface area contributed by atoms with Gasteiger partial charge in [0.25, 0.3) is 0 Å². The third-order valence-electron chi connectivity index (χ3n) is 6.92. The first-order chi connectivity index (χ1) is 17.1. The van der Waals surface area contributed by atoms with Gasteiger partial charge in [-0.1, -0.05) is 0 Å². The van der Waals surface area contributed by atoms with E-state index in [-0.39, 0.29) is 37.7 Å². The molecular formula is C29H40O5SeSi. The molecule has 196 valence electrons. The van der Waals surface area contributed by atoms with Crippen molar-refractivity contribution in [3.8, 4) is 11.5 Å². The Morgan fingerprint density at radius 2 is 1.89 bits per heavy atom. The van der Waals surface area contributed by atoms with Crippen LogP contribution in [0.25, 0.3) is 0 Å². The van der Waals surface area contributed by atoms with Crippen molar-refractivity contribution >= 4 is 27.7 Å². The van der Waals surface area contributed by atoms with Gasteiger partial charge in [0.2, 0.25) is 0 Å². The molecule has 1 aliphatic rings. The Morgan fingerprint density at radius 3 is 2.58 bits per heavy atom. The van der Waals surface area contributed by atoms with Gasteiger partial charge in [-0.05, 0) is 0 Å². The molecule has 0 saturated carbocycles. The van der Waals surface area contributed by atoms with Gasteiger partial charge < -0.3 is 0 Å². The van der Waals surface area contributed by atoms with Crippen LogP contribution in [0.2, 0.25) is 22.9 Å². The second kappa shape index (κ2) is 12.6. The van der Waals surface area contributed by atoms with Crippen molar-refractivity contribution < 1.29 is 23.7 Å². The molecule has 1 aliphatic heterocycles. The molecule has 1 unspecified atom stereocenters. The van der Waals surface area contributed by atoms with Gasteiger partial charge in [-0.2, -0.15) is 0 Å². The summed E-state index contributed by atoms with van der Waals surface area (Å²) in [6.45, 7) is 18.2. The SMILES string of the molecule is C=C=CCOC(c1ccc2c(c1)OCO2)[C@H](CO[Si](C)(C)C(C)(C)C)[Se]c1ccccc1[C@@H](O)CC. The standard InChI is InChI=1S/C29H40O5SeSi/c1-8-10-17-31-28(21-15-16-24-25(18-21)33-20-32-24)27(19-34-36(6,7)29(3,4)5)35-26-14-12-11-13-22(26)23(30)9-2/h10-16,18,23,27-28,30H,1,9,17,19-20H2,2-7H3/t23-,27-,28?/m0/s1. The van der Waals surface area contributed by atoms with Crippen molar-refractivity contribution in [3.05, 3.63) is 72.0 Å². The molecule has 2 aromatic carbocycles. The van der Waals surface area contributed by atoms with Crippen LogP contribution in [0.5, 0.6) is 11.5 Å². The summed E-state index contributed by atoms with van der Waals surface area (Å²) in [6.07, 6.45) is 1.75. The zero-order chi connectivity index (χ0) is 26.3. The van der Waals surface area contributed by atoms with E-state index in [4.69, 9.17) is 18.6 Å². The van der Waals surface area contributed by atoms with Gasteiger partial charge in [0.15, 0.2) is 0 Å².